The number of nitrogens with one attached hydrogen (secondary N) is 1. The van der Waals surface area contributed by atoms with Gasteiger partial charge in [0.15, 0.2) is 0 Å². The molecule has 0 aliphatic rings. The van der Waals surface area contributed by atoms with Gasteiger partial charge in [-0.3, -0.25) is 0 Å². The Bertz CT molecular complexity index is 631. The zero-order valence-electron chi connectivity index (χ0n) is 10.3. The number of hydrogen-bond acceptors (Lipinski definition) is 4. The molecule has 104 valence electrons. The molecule has 0 bridgehead atoms. The average Bonchev–Trinajstić information content (AvgIpc) is 2.47. The molecule has 0 amide bonds. The van der Waals surface area contributed by atoms with Crippen LogP contribution in [-0.2, 0) is 6.54 Å². The van der Waals surface area contributed by atoms with Gasteiger partial charge in [-0.15, -0.1) is 0 Å². The molecule has 0 atom stereocenters. The van der Waals surface area contributed by atoms with E-state index >= 15 is 0 Å². The molecule has 2 rings (SSSR count). The Kier molecular flexibility index (Phi) is 5.03. The fourth-order valence-electron chi connectivity index (χ4n) is 1.56. The van der Waals surface area contributed by atoms with Crippen LogP contribution in [0.1, 0.15) is 11.1 Å². The van der Waals surface area contributed by atoms with Crippen molar-refractivity contribution >= 4 is 38.1 Å². The van der Waals surface area contributed by atoms with Crippen LogP contribution >= 0.6 is 31.9 Å². The van der Waals surface area contributed by atoms with E-state index in [2.05, 4.69) is 42.4 Å². The Labute approximate surface area is 133 Å². The standard InChI is InChI=1S/C14H12Br2N2O2/c15-11-6-10(13(19)12(16)14(11)20)8-18-17-7-9-4-2-1-3-5-9/h1-6,8,17,19-20H,7H2. The zero-order valence-corrected chi connectivity index (χ0v) is 13.5. The third-order valence-electron chi connectivity index (χ3n) is 2.62. The van der Waals surface area contributed by atoms with E-state index in [0.29, 0.717) is 16.6 Å². The summed E-state index contributed by atoms with van der Waals surface area (Å²) in [6, 6.07) is 11.4. The second-order valence-electron chi connectivity index (χ2n) is 4.04. The van der Waals surface area contributed by atoms with Crippen LogP contribution < -0.4 is 5.43 Å². The Hall–Kier alpha value is -1.53. The lowest BCUT2D eigenvalue weighted by atomic mass is 10.2. The summed E-state index contributed by atoms with van der Waals surface area (Å²) in [6.45, 7) is 0.596. The highest BCUT2D eigenvalue weighted by Crippen LogP contribution is 2.40. The van der Waals surface area contributed by atoms with Crippen molar-refractivity contribution in [2.24, 2.45) is 5.10 Å². The molecule has 0 aromatic heterocycles. The minimum Gasteiger partial charge on any atom is -0.506 e. The zero-order chi connectivity index (χ0) is 14.5. The van der Waals surface area contributed by atoms with Crippen LogP contribution in [0, 0.1) is 0 Å². The Morgan fingerprint density at radius 2 is 1.80 bits per heavy atom. The molecule has 0 spiro atoms. The van der Waals surface area contributed by atoms with Crippen molar-refractivity contribution in [1.82, 2.24) is 5.43 Å². The SMILES string of the molecule is Oc1c(Br)cc(C=NNCc2ccccc2)c(O)c1Br. The first-order chi connectivity index (χ1) is 9.59. The second kappa shape index (κ2) is 6.76. The topological polar surface area (TPSA) is 64.9 Å². The maximum atomic E-state index is 9.87. The van der Waals surface area contributed by atoms with Crippen molar-refractivity contribution in [2.45, 2.75) is 6.54 Å². The van der Waals surface area contributed by atoms with Crippen molar-refractivity contribution in [1.29, 1.82) is 0 Å². The number of hydrazone groups is 1. The van der Waals surface area contributed by atoms with Gasteiger partial charge in [0.2, 0.25) is 0 Å². The molecule has 0 unspecified atom stereocenters. The molecule has 0 aliphatic heterocycles. The summed E-state index contributed by atoms with van der Waals surface area (Å²) in [7, 11) is 0. The molecule has 4 nitrogen and oxygen atoms in total. The molecule has 2 aromatic rings. The van der Waals surface area contributed by atoms with E-state index in [4.69, 9.17) is 0 Å². The molecule has 0 fully saturated rings. The van der Waals surface area contributed by atoms with Crippen LogP contribution in [0.4, 0.5) is 0 Å². The number of benzene rings is 2. The van der Waals surface area contributed by atoms with Crippen molar-refractivity contribution in [2.75, 3.05) is 0 Å². The van der Waals surface area contributed by atoms with Gasteiger partial charge in [-0.25, -0.2) is 0 Å². The number of phenolic OH excluding ortho intramolecular Hbond substituents is 2. The lowest BCUT2D eigenvalue weighted by Gasteiger charge is -2.06. The first-order valence-corrected chi connectivity index (χ1v) is 7.38. The predicted octanol–water partition coefficient (Wildman–Crippen LogP) is 3.75. The highest BCUT2D eigenvalue weighted by molar-refractivity contribution is 9.11. The summed E-state index contributed by atoms with van der Waals surface area (Å²) >= 11 is 6.32. The van der Waals surface area contributed by atoms with Gasteiger partial charge in [0.1, 0.15) is 16.0 Å². The molecular weight excluding hydrogens is 388 g/mol. The lowest BCUT2D eigenvalue weighted by molar-refractivity contribution is 0.441. The highest BCUT2D eigenvalue weighted by atomic mass is 79.9. The van der Waals surface area contributed by atoms with Crippen LogP contribution in [0.2, 0.25) is 0 Å². The maximum absolute atomic E-state index is 9.87. The normalized spacial score (nSPS) is 10.9. The molecule has 0 heterocycles. The van der Waals surface area contributed by atoms with Gasteiger partial charge in [0.05, 0.1) is 17.2 Å². The summed E-state index contributed by atoms with van der Waals surface area (Å²) < 4.78 is 0.711. The number of nitrogens with zero attached hydrogens (tertiary/aromatic N) is 1. The number of phenols is 2. The lowest BCUT2D eigenvalue weighted by Crippen LogP contribution is -2.05. The van der Waals surface area contributed by atoms with Crippen molar-refractivity contribution < 1.29 is 10.2 Å². The van der Waals surface area contributed by atoms with Crippen LogP contribution in [0.5, 0.6) is 11.5 Å². The van der Waals surface area contributed by atoms with E-state index in [1.54, 1.807) is 6.07 Å². The first-order valence-electron chi connectivity index (χ1n) is 5.79. The van der Waals surface area contributed by atoms with E-state index in [9.17, 15) is 10.2 Å². The molecule has 0 aliphatic carbocycles. The molecule has 2 aromatic carbocycles. The number of hydrogen-bond donors (Lipinski definition) is 3. The maximum Gasteiger partial charge on any atom is 0.147 e. The molecular formula is C14H12Br2N2O2. The smallest absolute Gasteiger partial charge is 0.147 e. The van der Waals surface area contributed by atoms with E-state index in [1.165, 1.54) is 6.21 Å². The van der Waals surface area contributed by atoms with Gasteiger partial charge in [0, 0.05) is 5.56 Å². The van der Waals surface area contributed by atoms with E-state index in [1.807, 2.05) is 30.3 Å². The molecule has 3 N–H and O–H groups in total. The summed E-state index contributed by atoms with van der Waals surface area (Å²) in [5.41, 5.74) is 4.50. The summed E-state index contributed by atoms with van der Waals surface area (Å²) in [5.74, 6) is -0.104. The minimum absolute atomic E-state index is 0.0445. The highest BCUT2D eigenvalue weighted by Gasteiger charge is 2.12. The minimum atomic E-state index is -0.0593. The van der Waals surface area contributed by atoms with Crippen molar-refractivity contribution in [3.63, 3.8) is 0 Å². The molecule has 20 heavy (non-hydrogen) atoms. The van der Waals surface area contributed by atoms with Gasteiger partial charge >= 0.3 is 0 Å². The van der Waals surface area contributed by atoms with E-state index in [0.717, 1.165) is 5.56 Å². The summed E-state index contributed by atoms with van der Waals surface area (Å²) in [5, 5.41) is 23.5. The van der Waals surface area contributed by atoms with Crippen molar-refractivity contribution in [3.05, 3.63) is 56.5 Å². The number of rotatable bonds is 4. The Balaban J connectivity index is 2.05. The van der Waals surface area contributed by atoms with Gasteiger partial charge in [-0.1, -0.05) is 30.3 Å². The van der Waals surface area contributed by atoms with Crippen molar-refractivity contribution in [3.8, 4) is 11.5 Å². The number of halogens is 2. The molecule has 6 heteroatoms. The quantitative estimate of drug-likeness (QED) is 0.541. The van der Waals surface area contributed by atoms with Gasteiger partial charge in [0.25, 0.3) is 0 Å². The first kappa shape index (κ1) is 14.9. The van der Waals surface area contributed by atoms with Crippen LogP contribution in [0.25, 0.3) is 0 Å². The largest absolute Gasteiger partial charge is 0.506 e. The Morgan fingerprint density at radius 3 is 2.50 bits per heavy atom. The fraction of sp³-hybridized carbons (Fsp3) is 0.0714. The second-order valence-corrected chi connectivity index (χ2v) is 5.68. The molecule has 0 saturated heterocycles. The molecule has 0 saturated carbocycles. The monoisotopic (exact) mass is 398 g/mol. The van der Waals surface area contributed by atoms with Crippen LogP contribution in [0.3, 0.4) is 0 Å². The van der Waals surface area contributed by atoms with E-state index in [-0.39, 0.29) is 16.0 Å². The number of aromatic hydroxyl groups is 2. The average molecular weight is 400 g/mol. The van der Waals surface area contributed by atoms with Gasteiger partial charge in [-0.2, -0.15) is 5.10 Å². The van der Waals surface area contributed by atoms with Gasteiger partial charge in [-0.05, 0) is 43.5 Å². The van der Waals surface area contributed by atoms with Gasteiger partial charge < -0.3 is 15.6 Å². The Morgan fingerprint density at radius 1 is 1.10 bits per heavy atom. The van der Waals surface area contributed by atoms with E-state index < -0.39 is 0 Å². The third-order valence-corrected chi connectivity index (χ3v) is 3.97. The van der Waals surface area contributed by atoms with Crippen LogP contribution in [-0.4, -0.2) is 16.4 Å². The summed E-state index contributed by atoms with van der Waals surface area (Å²) in [6.07, 6.45) is 1.49. The fourth-order valence-corrected chi connectivity index (χ4v) is 2.72. The third kappa shape index (κ3) is 3.52. The predicted molar refractivity (Wildman–Crippen MR) is 86.0 cm³/mol. The summed E-state index contributed by atoms with van der Waals surface area (Å²) in [4.78, 5) is 0. The van der Waals surface area contributed by atoms with Crippen LogP contribution in [0.15, 0.2) is 50.4 Å². The molecule has 0 radical (unpaired) electrons.